The molecule has 11 nitrogen and oxygen atoms in total. The van der Waals surface area contributed by atoms with Gasteiger partial charge in [0.05, 0.1) is 18.1 Å². The third-order valence-corrected chi connectivity index (χ3v) is 8.68. The highest BCUT2D eigenvalue weighted by atomic mass is 32.2. The molecule has 3 N–H and O–H groups in total. The van der Waals surface area contributed by atoms with E-state index in [9.17, 15) is 29.7 Å². The Morgan fingerprint density at radius 3 is 2.81 bits per heavy atom. The summed E-state index contributed by atoms with van der Waals surface area (Å²) in [7, 11) is 0. The van der Waals surface area contributed by atoms with Crippen LogP contribution in [0, 0.1) is 11.8 Å². The van der Waals surface area contributed by atoms with Gasteiger partial charge in [0.2, 0.25) is 5.91 Å². The Bertz CT molecular complexity index is 1070. The molecule has 1 aromatic rings. The van der Waals surface area contributed by atoms with Gasteiger partial charge < -0.3 is 34.4 Å². The van der Waals surface area contributed by atoms with E-state index in [-0.39, 0.29) is 48.1 Å². The molecule has 196 valence electrons. The fourth-order valence-corrected chi connectivity index (χ4v) is 7.08. The van der Waals surface area contributed by atoms with E-state index in [4.69, 9.17) is 4.74 Å². The van der Waals surface area contributed by atoms with Gasteiger partial charge in [0.1, 0.15) is 24.7 Å². The maximum absolute atomic E-state index is 12.8. The van der Waals surface area contributed by atoms with E-state index < -0.39 is 24.1 Å². The number of rotatable bonds is 10. The predicted octanol–water partition coefficient (Wildman–Crippen LogP) is 1.42. The number of aromatic nitrogens is 2. The molecule has 12 heteroatoms. The molecule has 1 aromatic heterocycles. The summed E-state index contributed by atoms with van der Waals surface area (Å²) in [6, 6.07) is -0.543. The molecule has 0 unspecified atom stereocenters. The normalized spacial score (nSPS) is 28.2. The standard InChI is InChI=1S/C24H32N4O7S/c1-4-9-35-24(34)27-11-16(10-15(27)5-7-26-8-6-25-17(26)12-29)36-21-13(2)19-18(14(3)30)22(31)28(19)20(21)23(32)33/h4,6,8,13-16,18-19,29-30H,1,5,7,9-12H2,2-3H3,(H,32,33)/t13-,14-,15-,16+,18-,19-/m1/s1. The largest absolute Gasteiger partial charge is 0.477 e. The molecule has 0 aromatic carbocycles. The van der Waals surface area contributed by atoms with Crippen LogP contribution in [0.4, 0.5) is 4.79 Å². The van der Waals surface area contributed by atoms with Gasteiger partial charge in [-0.3, -0.25) is 4.79 Å². The number of aliphatic hydroxyl groups is 2. The number of carbonyl (C=O) groups excluding carboxylic acids is 2. The Morgan fingerprint density at radius 1 is 1.42 bits per heavy atom. The predicted molar refractivity (Wildman–Crippen MR) is 130 cm³/mol. The topological polar surface area (TPSA) is 145 Å². The zero-order chi connectivity index (χ0) is 26.1. The van der Waals surface area contributed by atoms with Crippen LogP contribution in [0.3, 0.4) is 0 Å². The molecule has 4 rings (SSSR count). The Balaban J connectivity index is 1.52. The van der Waals surface area contributed by atoms with Crippen molar-refractivity contribution in [1.29, 1.82) is 0 Å². The molecule has 0 spiro atoms. The van der Waals surface area contributed by atoms with Crippen molar-refractivity contribution >= 4 is 29.7 Å². The maximum atomic E-state index is 12.8. The number of likely N-dealkylation sites (tertiary alicyclic amines) is 1. The van der Waals surface area contributed by atoms with Gasteiger partial charge in [0.15, 0.2) is 0 Å². The fraction of sp³-hybridized carbons (Fsp3) is 0.583. The molecule has 4 heterocycles. The summed E-state index contributed by atoms with van der Waals surface area (Å²) in [5.74, 6) is -1.86. The van der Waals surface area contributed by atoms with Gasteiger partial charge in [-0.25, -0.2) is 14.6 Å². The number of aliphatic hydroxyl groups excluding tert-OH is 2. The first-order valence-corrected chi connectivity index (χ1v) is 12.9. The number of carboxylic acid groups (broad SMARTS) is 1. The van der Waals surface area contributed by atoms with Crippen LogP contribution in [0.25, 0.3) is 0 Å². The van der Waals surface area contributed by atoms with Gasteiger partial charge in [-0.2, -0.15) is 0 Å². The number of nitrogens with zero attached hydrogens (tertiary/aromatic N) is 4. The molecule has 6 atom stereocenters. The number of β-lactam (4-membered cyclic amide) rings is 1. The zero-order valence-corrected chi connectivity index (χ0v) is 21.1. The molecular formula is C24H32N4O7S. The van der Waals surface area contributed by atoms with E-state index in [1.807, 2.05) is 11.5 Å². The van der Waals surface area contributed by atoms with Crippen LogP contribution in [0.15, 0.2) is 35.7 Å². The summed E-state index contributed by atoms with van der Waals surface area (Å²) in [6.07, 6.45) is 4.77. The maximum Gasteiger partial charge on any atom is 0.410 e. The highest BCUT2D eigenvalue weighted by Gasteiger charge is 2.60. The van der Waals surface area contributed by atoms with Crippen LogP contribution in [0.5, 0.6) is 0 Å². The number of aliphatic carboxylic acids is 1. The van der Waals surface area contributed by atoms with Gasteiger partial charge in [0, 0.05) is 47.6 Å². The average molecular weight is 521 g/mol. The second-order valence-corrected chi connectivity index (χ2v) is 10.7. The average Bonchev–Trinajstić information content (AvgIpc) is 3.51. The quantitative estimate of drug-likeness (QED) is 0.308. The minimum Gasteiger partial charge on any atom is -0.477 e. The Hall–Kier alpha value is -2.83. The van der Waals surface area contributed by atoms with Crippen molar-refractivity contribution in [2.45, 2.75) is 63.3 Å². The monoisotopic (exact) mass is 520 g/mol. The minimum atomic E-state index is -1.17. The lowest BCUT2D eigenvalue weighted by Gasteiger charge is -2.46. The van der Waals surface area contributed by atoms with Crippen LogP contribution in [-0.2, 0) is 27.5 Å². The molecule has 0 aliphatic carbocycles. The first-order valence-electron chi connectivity index (χ1n) is 12.0. The lowest BCUT2D eigenvalue weighted by Crippen LogP contribution is -2.63. The lowest BCUT2D eigenvalue weighted by molar-refractivity contribution is -0.163. The molecule has 2 amide bonds. The SMILES string of the molecule is C=CCOC(=O)N1C[C@@H](SC2=C(C(=O)O)N3C(=O)[C@H]([C@@H](C)O)[C@H]3[C@H]2C)C[C@H]1CCn1ccnc1CO. The first-order chi connectivity index (χ1) is 17.2. The minimum absolute atomic E-state index is 0.0189. The van der Waals surface area contributed by atoms with E-state index >= 15 is 0 Å². The van der Waals surface area contributed by atoms with E-state index in [0.717, 1.165) is 0 Å². The van der Waals surface area contributed by atoms with Crippen LogP contribution >= 0.6 is 11.8 Å². The molecule has 36 heavy (non-hydrogen) atoms. The number of hydrogen-bond acceptors (Lipinski definition) is 8. The number of thioether (sulfide) groups is 1. The van der Waals surface area contributed by atoms with E-state index in [1.54, 1.807) is 24.2 Å². The summed E-state index contributed by atoms with van der Waals surface area (Å²) in [5, 5.41) is 29.4. The van der Waals surface area contributed by atoms with Crippen molar-refractivity contribution < 1.29 is 34.4 Å². The molecule has 2 fully saturated rings. The summed E-state index contributed by atoms with van der Waals surface area (Å²) in [5.41, 5.74) is -0.0189. The molecule has 0 radical (unpaired) electrons. The zero-order valence-electron chi connectivity index (χ0n) is 20.3. The van der Waals surface area contributed by atoms with Gasteiger partial charge in [-0.1, -0.05) is 19.6 Å². The third-order valence-electron chi connectivity index (χ3n) is 7.19. The van der Waals surface area contributed by atoms with Gasteiger partial charge in [-0.15, -0.1) is 11.8 Å². The second kappa shape index (κ2) is 10.7. The molecular weight excluding hydrogens is 488 g/mol. The van der Waals surface area contributed by atoms with Crippen molar-refractivity contribution in [3.8, 4) is 0 Å². The van der Waals surface area contributed by atoms with Crippen LogP contribution < -0.4 is 0 Å². The number of ether oxygens (including phenoxy) is 1. The Morgan fingerprint density at radius 2 is 2.17 bits per heavy atom. The number of aryl methyl sites for hydroxylation is 1. The highest BCUT2D eigenvalue weighted by molar-refractivity contribution is 8.03. The number of carbonyl (C=O) groups is 3. The van der Waals surface area contributed by atoms with Crippen LogP contribution in [0.1, 0.15) is 32.5 Å². The van der Waals surface area contributed by atoms with Crippen molar-refractivity contribution in [2.75, 3.05) is 13.2 Å². The smallest absolute Gasteiger partial charge is 0.410 e. The van der Waals surface area contributed by atoms with Crippen LogP contribution in [-0.4, -0.2) is 89.2 Å². The first kappa shape index (κ1) is 26.2. The van der Waals surface area contributed by atoms with E-state index in [0.29, 0.717) is 36.7 Å². The van der Waals surface area contributed by atoms with Gasteiger partial charge >= 0.3 is 12.1 Å². The van der Waals surface area contributed by atoms with Crippen molar-refractivity contribution in [3.05, 3.63) is 41.5 Å². The summed E-state index contributed by atoms with van der Waals surface area (Å²) in [4.78, 5) is 45.3. The summed E-state index contributed by atoms with van der Waals surface area (Å²) >= 11 is 1.40. The Kier molecular flexibility index (Phi) is 7.76. The number of carboxylic acids is 1. The molecule has 0 saturated carbocycles. The lowest BCUT2D eigenvalue weighted by atomic mass is 9.79. The van der Waals surface area contributed by atoms with Crippen molar-refractivity contribution in [1.82, 2.24) is 19.4 Å². The van der Waals surface area contributed by atoms with Gasteiger partial charge in [0.25, 0.3) is 0 Å². The number of fused-ring (bicyclic) bond motifs is 1. The molecule has 2 saturated heterocycles. The summed E-state index contributed by atoms with van der Waals surface area (Å²) in [6.45, 7) is 7.83. The van der Waals surface area contributed by atoms with Crippen LogP contribution in [0.2, 0.25) is 0 Å². The van der Waals surface area contributed by atoms with Crippen molar-refractivity contribution in [3.63, 3.8) is 0 Å². The number of hydrogen-bond donors (Lipinski definition) is 3. The van der Waals surface area contributed by atoms with Gasteiger partial charge in [-0.05, 0) is 19.8 Å². The molecule has 0 bridgehead atoms. The number of amides is 2. The Labute approximate surface area is 213 Å². The van der Waals surface area contributed by atoms with E-state index in [1.165, 1.54) is 22.7 Å². The van der Waals surface area contributed by atoms with E-state index in [2.05, 4.69) is 11.6 Å². The number of imidazole rings is 1. The highest BCUT2D eigenvalue weighted by Crippen LogP contribution is 2.52. The van der Waals surface area contributed by atoms with Crippen molar-refractivity contribution in [2.24, 2.45) is 11.8 Å². The fourth-order valence-electron chi connectivity index (χ4n) is 5.51. The molecule has 3 aliphatic heterocycles. The summed E-state index contributed by atoms with van der Waals surface area (Å²) < 4.78 is 7.14. The second-order valence-electron chi connectivity index (χ2n) is 9.40. The third kappa shape index (κ3) is 4.64. The molecule has 3 aliphatic rings.